The number of hydrogen-bond donors (Lipinski definition) is 0. The minimum absolute atomic E-state index is 0.0298. The van der Waals surface area contributed by atoms with Crippen molar-refractivity contribution in [3.8, 4) is 0 Å². The van der Waals surface area contributed by atoms with E-state index in [2.05, 4.69) is 49.4 Å². The van der Waals surface area contributed by atoms with Gasteiger partial charge in [0.1, 0.15) is 0 Å². The highest BCUT2D eigenvalue weighted by atomic mass is 28.3. The van der Waals surface area contributed by atoms with E-state index < -0.39 is 8.07 Å². The van der Waals surface area contributed by atoms with Crippen molar-refractivity contribution in [1.29, 1.82) is 0 Å². The maximum atomic E-state index is 14.2. The van der Waals surface area contributed by atoms with Crippen LogP contribution in [-0.2, 0) is 0 Å². The zero-order valence-electron chi connectivity index (χ0n) is 25.7. The Morgan fingerprint density at radius 2 is 0.915 bits per heavy atom. The molecule has 0 bridgehead atoms. The average Bonchev–Trinajstić information content (AvgIpc) is 3.53. The van der Waals surface area contributed by atoms with Crippen LogP contribution in [0.3, 0.4) is 0 Å². The predicted molar refractivity (Wildman–Crippen MR) is 189 cm³/mol. The zero-order valence-corrected chi connectivity index (χ0v) is 26.7. The third-order valence-corrected chi connectivity index (χ3v) is 14.3. The number of para-hydroxylation sites is 2. The number of benzene rings is 6. The first-order chi connectivity index (χ1) is 23.0. The predicted octanol–water partition coefficient (Wildman–Crippen LogP) is 5.59. The van der Waals surface area contributed by atoms with Crippen molar-refractivity contribution in [2.45, 2.75) is 13.0 Å². The van der Waals surface area contributed by atoms with Crippen molar-refractivity contribution >= 4 is 57.9 Å². The van der Waals surface area contributed by atoms with Crippen LogP contribution in [0, 0.1) is 0 Å². The molecule has 0 spiro atoms. The van der Waals surface area contributed by atoms with E-state index in [0.29, 0.717) is 22.4 Å². The molecule has 5 nitrogen and oxygen atoms in total. The number of amides is 3. The molecule has 1 atom stereocenters. The highest BCUT2D eigenvalue weighted by Gasteiger charge is 2.46. The topological polar surface area (TPSA) is 57.7 Å². The van der Waals surface area contributed by atoms with E-state index in [1.165, 1.54) is 4.90 Å². The maximum absolute atomic E-state index is 14.2. The lowest BCUT2D eigenvalue weighted by Gasteiger charge is -2.35. The number of fused-ring (bicyclic) bond motifs is 2. The van der Waals surface area contributed by atoms with Crippen LogP contribution in [0.1, 0.15) is 49.6 Å². The smallest absolute Gasteiger partial charge is 0.266 e. The lowest BCUT2D eigenvalue weighted by Crippen LogP contribution is -2.74. The van der Waals surface area contributed by atoms with Gasteiger partial charge in [0.2, 0.25) is 0 Å². The zero-order chi connectivity index (χ0) is 32.1. The van der Waals surface area contributed by atoms with E-state index in [4.69, 9.17) is 0 Å². The van der Waals surface area contributed by atoms with Crippen LogP contribution in [-0.4, -0.2) is 25.8 Å². The summed E-state index contributed by atoms with van der Waals surface area (Å²) in [7, 11) is -3.14. The van der Waals surface area contributed by atoms with Crippen LogP contribution in [0.5, 0.6) is 0 Å². The molecule has 0 aromatic heterocycles. The van der Waals surface area contributed by atoms with E-state index in [9.17, 15) is 14.4 Å². The van der Waals surface area contributed by atoms with Gasteiger partial charge in [-0.05, 0) is 75.7 Å². The highest BCUT2D eigenvalue weighted by molar-refractivity contribution is 7.20. The SMILES string of the molecule is CC1c2ccc([Si](c3ccccc3)(c3ccccc3)c3ccc4c(c3)C(=O)N(c3ccccc3)C4=O)cc2C(=O)N1c1ccccc1. The van der Waals surface area contributed by atoms with E-state index in [0.717, 1.165) is 32.0 Å². The first kappa shape index (κ1) is 28.6. The van der Waals surface area contributed by atoms with Crippen LogP contribution in [0.4, 0.5) is 11.4 Å². The molecule has 8 rings (SSSR count). The van der Waals surface area contributed by atoms with Gasteiger partial charge in [-0.1, -0.05) is 115 Å². The van der Waals surface area contributed by atoms with Crippen LogP contribution in [0.2, 0.25) is 0 Å². The molecule has 0 saturated heterocycles. The first-order valence-electron chi connectivity index (χ1n) is 15.7. The summed E-state index contributed by atoms with van der Waals surface area (Å²) in [4.78, 5) is 44.8. The van der Waals surface area contributed by atoms with Crippen LogP contribution in [0.15, 0.2) is 158 Å². The minimum atomic E-state index is -3.14. The summed E-state index contributed by atoms with van der Waals surface area (Å²) in [6, 6.07) is 51.5. The fourth-order valence-electron chi connectivity index (χ4n) is 7.38. The number of nitrogens with zero attached hydrogens (tertiary/aromatic N) is 2. The normalized spacial score (nSPS) is 15.6. The lowest BCUT2D eigenvalue weighted by molar-refractivity contribution is 0.0924. The molecule has 2 heterocycles. The molecular weight excluding hydrogens is 597 g/mol. The number of rotatable bonds is 6. The van der Waals surface area contributed by atoms with Gasteiger partial charge in [-0.25, -0.2) is 4.90 Å². The fourth-order valence-corrected chi connectivity index (χ4v) is 12.1. The second kappa shape index (κ2) is 11.2. The van der Waals surface area contributed by atoms with Gasteiger partial charge in [0.15, 0.2) is 8.07 Å². The first-order valence-corrected chi connectivity index (χ1v) is 17.7. The highest BCUT2D eigenvalue weighted by Crippen LogP contribution is 2.37. The monoisotopic (exact) mass is 626 g/mol. The third-order valence-electron chi connectivity index (χ3n) is 9.55. The summed E-state index contributed by atoms with van der Waals surface area (Å²) in [6.07, 6.45) is 0. The maximum Gasteiger partial charge on any atom is 0.266 e. The summed E-state index contributed by atoms with van der Waals surface area (Å²) in [5.74, 6) is -0.691. The van der Waals surface area contributed by atoms with E-state index in [1.54, 1.807) is 18.2 Å². The molecule has 6 aromatic carbocycles. The molecule has 0 saturated carbocycles. The van der Waals surface area contributed by atoms with Gasteiger partial charge in [0.05, 0.1) is 22.9 Å². The van der Waals surface area contributed by atoms with Crippen LogP contribution < -0.4 is 30.5 Å². The molecule has 0 aliphatic carbocycles. The Morgan fingerprint density at radius 3 is 1.49 bits per heavy atom. The molecule has 6 heteroatoms. The molecule has 1 unspecified atom stereocenters. The average molecular weight is 627 g/mol. The number of carbonyl (C=O) groups excluding carboxylic acids is 3. The van der Waals surface area contributed by atoms with Gasteiger partial charge >= 0.3 is 0 Å². The van der Waals surface area contributed by atoms with Crippen molar-refractivity contribution in [1.82, 2.24) is 0 Å². The minimum Gasteiger partial charge on any atom is -0.301 e. The Hall–Kier alpha value is -5.85. The second-order valence-corrected chi connectivity index (χ2v) is 15.8. The number of anilines is 2. The molecule has 6 aromatic rings. The molecule has 0 N–H and O–H groups in total. The second-order valence-electron chi connectivity index (χ2n) is 12.0. The Kier molecular flexibility index (Phi) is 6.81. The number of hydrogen-bond acceptors (Lipinski definition) is 3. The van der Waals surface area contributed by atoms with Crippen molar-refractivity contribution < 1.29 is 14.4 Å². The Labute approximate surface area is 274 Å². The van der Waals surface area contributed by atoms with Gasteiger partial charge in [-0.2, -0.15) is 0 Å². The molecule has 0 radical (unpaired) electrons. The molecule has 2 aliphatic rings. The lowest BCUT2D eigenvalue weighted by atomic mass is 10.1. The Morgan fingerprint density at radius 1 is 0.447 bits per heavy atom. The van der Waals surface area contributed by atoms with Gasteiger partial charge < -0.3 is 4.90 Å². The summed E-state index contributed by atoms with van der Waals surface area (Å²) in [6.45, 7) is 2.07. The van der Waals surface area contributed by atoms with Crippen molar-refractivity contribution in [3.63, 3.8) is 0 Å². The standard InChI is InChI=1S/C41H30N2O3Si/c1-28-35-24-22-33(26-37(35)40(45)42(28)29-14-6-2-7-15-29)47(31-18-10-4-11-19-31,32-20-12-5-13-21-32)34-23-25-36-38(27-34)41(46)43(39(36)44)30-16-8-3-9-17-30/h2-28H,1H3. The van der Waals surface area contributed by atoms with Crippen LogP contribution >= 0.6 is 0 Å². The van der Waals surface area contributed by atoms with Gasteiger partial charge in [0.25, 0.3) is 17.7 Å². The van der Waals surface area contributed by atoms with Gasteiger partial charge in [-0.15, -0.1) is 0 Å². The number of imide groups is 1. The summed E-state index contributed by atoms with van der Waals surface area (Å²) < 4.78 is 0. The van der Waals surface area contributed by atoms with E-state index >= 15 is 0 Å². The van der Waals surface area contributed by atoms with E-state index in [1.807, 2.05) is 102 Å². The molecule has 0 fully saturated rings. The van der Waals surface area contributed by atoms with Gasteiger partial charge in [0, 0.05) is 11.3 Å². The van der Waals surface area contributed by atoms with Crippen molar-refractivity contribution in [2.75, 3.05) is 9.80 Å². The Balaban J connectivity index is 1.36. The van der Waals surface area contributed by atoms with Crippen LogP contribution in [0.25, 0.3) is 0 Å². The summed E-state index contributed by atoms with van der Waals surface area (Å²) in [5, 5.41) is 4.21. The summed E-state index contributed by atoms with van der Waals surface area (Å²) in [5.41, 5.74) is 3.86. The van der Waals surface area contributed by atoms with Crippen molar-refractivity contribution in [3.05, 3.63) is 180 Å². The molecule has 3 amide bonds. The third kappa shape index (κ3) is 4.33. The molecular formula is C41H30N2O3Si. The Bertz CT molecular complexity index is 2130. The summed E-state index contributed by atoms with van der Waals surface area (Å²) >= 11 is 0. The van der Waals surface area contributed by atoms with Crippen molar-refractivity contribution in [2.24, 2.45) is 0 Å². The molecule has 2 aliphatic heterocycles. The largest absolute Gasteiger partial charge is 0.301 e. The fraction of sp³-hybridized carbons (Fsp3) is 0.0488. The van der Waals surface area contributed by atoms with E-state index in [-0.39, 0.29) is 23.8 Å². The quantitative estimate of drug-likeness (QED) is 0.138. The molecule has 226 valence electrons. The molecule has 47 heavy (non-hydrogen) atoms. The number of carbonyl (C=O) groups is 3. The van der Waals surface area contributed by atoms with Gasteiger partial charge in [-0.3, -0.25) is 14.4 Å².